The smallest absolute Gasteiger partial charge is 0.315 e. The van der Waals surface area contributed by atoms with Crippen LogP contribution in [-0.2, 0) is 9.53 Å². The quantitative estimate of drug-likeness (QED) is 0.584. The molecule has 0 aliphatic heterocycles. The molecule has 0 aromatic heterocycles. The fourth-order valence-electron chi connectivity index (χ4n) is 1.50. The fourth-order valence-corrected chi connectivity index (χ4v) is 1.50. The van der Waals surface area contributed by atoms with E-state index in [4.69, 9.17) is 9.84 Å². The normalized spacial score (nSPS) is 13.7. The summed E-state index contributed by atoms with van der Waals surface area (Å²) in [5.74, 6) is -0.944. The first-order valence-electron chi connectivity index (χ1n) is 6.28. The predicted octanol–water partition coefficient (Wildman–Crippen LogP) is 1.35. The summed E-state index contributed by atoms with van der Waals surface area (Å²) in [7, 11) is 1.43. The van der Waals surface area contributed by atoms with Crippen molar-refractivity contribution in [3.05, 3.63) is 0 Å². The summed E-state index contributed by atoms with van der Waals surface area (Å²) in [6.45, 7) is 4.23. The van der Waals surface area contributed by atoms with Gasteiger partial charge in [-0.05, 0) is 13.3 Å². The third-order valence-electron chi connectivity index (χ3n) is 2.59. The van der Waals surface area contributed by atoms with Gasteiger partial charge in [-0.3, -0.25) is 4.79 Å². The molecule has 106 valence electrons. The molecule has 18 heavy (non-hydrogen) atoms. The average Bonchev–Trinajstić information content (AvgIpc) is 2.31. The van der Waals surface area contributed by atoms with Crippen molar-refractivity contribution in [1.29, 1.82) is 0 Å². The van der Waals surface area contributed by atoms with Gasteiger partial charge in [-0.1, -0.05) is 19.8 Å². The third kappa shape index (κ3) is 8.81. The largest absolute Gasteiger partial charge is 0.481 e. The maximum atomic E-state index is 11.5. The zero-order valence-corrected chi connectivity index (χ0v) is 11.4. The molecule has 3 N–H and O–H groups in total. The molecule has 0 saturated heterocycles. The van der Waals surface area contributed by atoms with E-state index < -0.39 is 12.1 Å². The van der Waals surface area contributed by atoms with E-state index in [0.29, 0.717) is 0 Å². The summed E-state index contributed by atoms with van der Waals surface area (Å²) < 4.78 is 4.96. The van der Waals surface area contributed by atoms with Crippen molar-refractivity contribution in [3.63, 3.8) is 0 Å². The summed E-state index contributed by atoms with van der Waals surface area (Å²) in [4.78, 5) is 22.0. The summed E-state index contributed by atoms with van der Waals surface area (Å²) >= 11 is 0. The molecule has 0 radical (unpaired) electrons. The van der Waals surface area contributed by atoms with Gasteiger partial charge in [0.25, 0.3) is 0 Å². The van der Waals surface area contributed by atoms with E-state index in [-0.39, 0.29) is 25.0 Å². The number of rotatable bonds is 9. The number of methoxy groups -OCH3 is 1. The summed E-state index contributed by atoms with van der Waals surface area (Å²) in [6.07, 6.45) is 2.48. The lowest BCUT2D eigenvalue weighted by Gasteiger charge is -2.17. The second-order valence-electron chi connectivity index (χ2n) is 4.35. The Hall–Kier alpha value is -1.30. The average molecular weight is 260 g/mol. The minimum Gasteiger partial charge on any atom is -0.481 e. The van der Waals surface area contributed by atoms with Crippen LogP contribution in [-0.4, -0.2) is 42.9 Å². The molecule has 2 atom stereocenters. The minimum absolute atomic E-state index is 0.116. The lowest BCUT2D eigenvalue weighted by atomic mass is 10.1. The molecule has 0 aliphatic carbocycles. The zero-order valence-electron chi connectivity index (χ0n) is 11.4. The number of nitrogens with one attached hydrogen (secondary N) is 2. The van der Waals surface area contributed by atoms with Gasteiger partial charge in [-0.15, -0.1) is 0 Å². The van der Waals surface area contributed by atoms with Crippen LogP contribution in [0, 0.1) is 0 Å². The van der Waals surface area contributed by atoms with E-state index in [9.17, 15) is 9.59 Å². The van der Waals surface area contributed by atoms with E-state index in [1.165, 1.54) is 7.11 Å². The van der Waals surface area contributed by atoms with Gasteiger partial charge in [0.15, 0.2) is 0 Å². The van der Waals surface area contributed by atoms with Crippen LogP contribution in [0.25, 0.3) is 0 Å². The molecule has 6 nitrogen and oxygen atoms in total. The topological polar surface area (TPSA) is 87.7 Å². The molecule has 0 spiro atoms. The van der Waals surface area contributed by atoms with Gasteiger partial charge in [0, 0.05) is 19.7 Å². The highest BCUT2D eigenvalue weighted by atomic mass is 16.5. The van der Waals surface area contributed by atoms with Gasteiger partial charge in [0.1, 0.15) is 0 Å². The fraction of sp³-hybridized carbons (Fsp3) is 0.833. The lowest BCUT2D eigenvalue weighted by Crippen LogP contribution is -2.44. The highest BCUT2D eigenvalue weighted by Crippen LogP contribution is 1.99. The first-order valence-corrected chi connectivity index (χ1v) is 6.28. The Morgan fingerprint density at radius 3 is 2.56 bits per heavy atom. The molecule has 0 saturated carbocycles. The van der Waals surface area contributed by atoms with Crippen molar-refractivity contribution in [2.45, 2.75) is 51.7 Å². The van der Waals surface area contributed by atoms with Gasteiger partial charge in [0.2, 0.25) is 0 Å². The first-order chi connectivity index (χ1) is 8.49. The minimum atomic E-state index is -0.944. The number of carboxylic acid groups (broad SMARTS) is 1. The predicted molar refractivity (Wildman–Crippen MR) is 68.6 cm³/mol. The van der Waals surface area contributed by atoms with E-state index >= 15 is 0 Å². The molecule has 0 fully saturated rings. The molecule has 0 bridgehead atoms. The maximum absolute atomic E-state index is 11.5. The number of carbonyl (C=O) groups is 2. The number of urea groups is 1. The Bertz CT molecular complexity index is 258. The van der Waals surface area contributed by atoms with Crippen LogP contribution in [0.1, 0.15) is 39.5 Å². The van der Waals surface area contributed by atoms with Gasteiger partial charge < -0.3 is 20.5 Å². The van der Waals surface area contributed by atoms with Crippen LogP contribution < -0.4 is 10.6 Å². The molecular weight excluding hydrogens is 236 g/mol. The summed E-state index contributed by atoms with van der Waals surface area (Å²) in [6, 6.07) is -0.170. The number of hydrogen-bond donors (Lipinski definition) is 3. The SMILES string of the molecule is CCCCC(C)NC(=O)NCC(CC(=O)O)OC. The van der Waals surface area contributed by atoms with Crippen molar-refractivity contribution in [3.8, 4) is 0 Å². The molecule has 0 heterocycles. The van der Waals surface area contributed by atoms with Gasteiger partial charge >= 0.3 is 12.0 Å². The van der Waals surface area contributed by atoms with Crippen molar-refractivity contribution in [2.24, 2.45) is 0 Å². The Morgan fingerprint density at radius 2 is 2.06 bits per heavy atom. The van der Waals surface area contributed by atoms with E-state index in [1.54, 1.807) is 0 Å². The molecule has 0 aromatic carbocycles. The number of carboxylic acids is 1. The Kier molecular flexibility index (Phi) is 9.00. The van der Waals surface area contributed by atoms with Crippen LogP contribution in [0.5, 0.6) is 0 Å². The molecule has 2 unspecified atom stereocenters. The van der Waals surface area contributed by atoms with Crippen LogP contribution in [0.15, 0.2) is 0 Å². The Balaban J connectivity index is 3.83. The van der Waals surface area contributed by atoms with Crippen molar-refractivity contribution in [1.82, 2.24) is 10.6 Å². The third-order valence-corrected chi connectivity index (χ3v) is 2.59. The standard InChI is InChI=1S/C12H24N2O4/c1-4-5-6-9(2)14-12(17)13-8-10(18-3)7-11(15)16/h9-10H,4-8H2,1-3H3,(H,15,16)(H2,13,14,17). The van der Waals surface area contributed by atoms with Gasteiger partial charge in [-0.2, -0.15) is 0 Å². The number of aliphatic carboxylic acids is 1. The van der Waals surface area contributed by atoms with E-state index in [2.05, 4.69) is 17.6 Å². The van der Waals surface area contributed by atoms with Gasteiger partial charge in [0.05, 0.1) is 12.5 Å². The maximum Gasteiger partial charge on any atom is 0.315 e. The second-order valence-corrected chi connectivity index (χ2v) is 4.35. The number of ether oxygens (including phenoxy) is 1. The molecule has 0 rings (SSSR count). The zero-order chi connectivity index (χ0) is 14.0. The van der Waals surface area contributed by atoms with E-state index in [1.807, 2.05) is 6.92 Å². The van der Waals surface area contributed by atoms with Crippen LogP contribution in [0.2, 0.25) is 0 Å². The number of unbranched alkanes of at least 4 members (excludes halogenated alkanes) is 1. The second kappa shape index (κ2) is 9.70. The molecular formula is C12H24N2O4. The monoisotopic (exact) mass is 260 g/mol. The van der Waals surface area contributed by atoms with Crippen LogP contribution >= 0.6 is 0 Å². The number of amides is 2. The Labute approximate surface area is 108 Å². The summed E-state index contributed by atoms with van der Waals surface area (Å²) in [5.41, 5.74) is 0. The first kappa shape index (κ1) is 16.7. The highest BCUT2D eigenvalue weighted by molar-refractivity contribution is 5.74. The number of hydrogen-bond acceptors (Lipinski definition) is 3. The molecule has 6 heteroatoms. The highest BCUT2D eigenvalue weighted by Gasteiger charge is 2.14. The number of carbonyl (C=O) groups excluding carboxylic acids is 1. The lowest BCUT2D eigenvalue weighted by molar-refractivity contribution is -0.139. The van der Waals surface area contributed by atoms with Crippen molar-refractivity contribution in [2.75, 3.05) is 13.7 Å². The van der Waals surface area contributed by atoms with Crippen molar-refractivity contribution >= 4 is 12.0 Å². The van der Waals surface area contributed by atoms with Crippen molar-refractivity contribution < 1.29 is 19.4 Å². The molecule has 0 aliphatic rings. The van der Waals surface area contributed by atoms with E-state index in [0.717, 1.165) is 19.3 Å². The molecule has 0 aromatic rings. The van der Waals surface area contributed by atoms with Crippen LogP contribution in [0.3, 0.4) is 0 Å². The Morgan fingerprint density at radius 1 is 1.39 bits per heavy atom. The summed E-state index contributed by atoms with van der Waals surface area (Å²) in [5, 5.41) is 14.0. The van der Waals surface area contributed by atoms with Crippen LogP contribution in [0.4, 0.5) is 4.79 Å². The molecule has 2 amide bonds. The van der Waals surface area contributed by atoms with Gasteiger partial charge in [-0.25, -0.2) is 4.79 Å².